The minimum absolute atomic E-state index is 0.229. The standard InChI is InChI=1S/C17H22INO2/c1-19-10-9-13-12(11-19)5-3-7-15(13)21-17-14(18)6-4-8-16(17)20-2/h4,6,8,15H,3,5,7,9-11H2,1-2H3/t15-/m1/s1. The summed E-state index contributed by atoms with van der Waals surface area (Å²) in [6, 6.07) is 6.06. The molecule has 114 valence electrons. The predicted octanol–water partition coefficient (Wildman–Crippen LogP) is 3.86. The predicted molar refractivity (Wildman–Crippen MR) is 93.1 cm³/mol. The molecule has 1 aliphatic carbocycles. The lowest BCUT2D eigenvalue weighted by Crippen LogP contribution is -2.35. The minimum atomic E-state index is 0.229. The number of likely N-dealkylation sites (N-methyl/N-ethyl adjacent to an activating group) is 1. The molecule has 1 heterocycles. The van der Waals surface area contributed by atoms with Crippen molar-refractivity contribution in [3.05, 3.63) is 32.9 Å². The molecule has 0 unspecified atom stereocenters. The van der Waals surface area contributed by atoms with E-state index in [9.17, 15) is 0 Å². The zero-order valence-electron chi connectivity index (χ0n) is 12.7. The summed E-state index contributed by atoms with van der Waals surface area (Å²) in [6.07, 6.45) is 4.96. The maximum Gasteiger partial charge on any atom is 0.175 e. The third-order valence-corrected chi connectivity index (χ3v) is 5.27. The van der Waals surface area contributed by atoms with Gasteiger partial charge in [0.1, 0.15) is 6.10 Å². The molecule has 0 aromatic heterocycles. The number of methoxy groups -OCH3 is 1. The Morgan fingerprint density at radius 3 is 2.95 bits per heavy atom. The fourth-order valence-corrected chi connectivity index (χ4v) is 3.93. The van der Waals surface area contributed by atoms with E-state index in [1.165, 1.54) is 12.8 Å². The number of nitrogens with zero attached hydrogens (tertiary/aromatic N) is 1. The van der Waals surface area contributed by atoms with Crippen molar-refractivity contribution in [2.45, 2.75) is 31.8 Å². The van der Waals surface area contributed by atoms with Gasteiger partial charge in [-0.05, 0) is 73.0 Å². The first kappa shape index (κ1) is 15.2. The van der Waals surface area contributed by atoms with E-state index in [2.05, 4.69) is 40.6 Å². The Bertz CT molecular complexity index is 556. The first-order valence-corrected chi connectivity index (χ1v) is 8.65. The van der Waals surface area contributed by atoms with Gasteiger partial charge in [0.2, 0.25) is 0 Å². The number of para-hydroxylation sites is 1. The molecule has 0 fully saturated rings. The van der Waals surface area contributed by atoms with Gasteiger partial charge < -0.3 is 14.4 Å². The van der Waals surface area contributed by atoms with E-state index < -0.39 is 0 Å². The summed E-state index contributed by atoms with van der Waals surface area (Å²) in [6.45, 7) is 2.25. The molecule has 1 aliphatic heterocycles. The van der Waals surface area contributed by atoms with Crippen LogP contribution < -0.4 is 9.47 Å². The number of hydrogen-bond donors (Lipinski definition) is 0. The number of halogens is 1. The topological polar surface area (TPSA) is 21.7 Å². The first-order valence-electron chi connectivity index (χ1n) is 7.57. The maximum absolute atomic E-state index is 6.40. The Morgan fingerprint density at radius 1 is 1.29 bits per heavy atom. The molecule has 0 N–H and O–H groups in total. The van der Waals surface area contributed by atoms with Gasteiger partial charge in [0.15, 0.2) is 11.5 Å². The largest absolute Gasteiger partial charge is 0.493 e. The first-order chi connectivity index (χ1) is 10.2. The van der Waals surface area contributed by atoms with E-state index in [1.54, 1.807) is 18.3 Å². The van der Waals surface area contributed by atoms with Gasteiger partial charge in [-0.25, -0.2) is 0 Å². The number of hydrogen-bond acceptors (Lipinski definition) is 3. The van der Waals surface area contributed by atoms with Crippen LogP contribution in [0.2, 0.25) is 0 Å². The van der Waals surface area contributed by atoms with Crippen LogP contribution in [0.15, 0.2) is 29.3 Å². The van der Waals surface area contributed by atoms with Gasteiger partial charge in [0, 0.05) is 13.1 Å². The third-order valence-electron chi connectivity index (χ3n) is 4.42. The van der Waals surface area contributed by atoms with Crippen LogP contribution >= 0.6 is 22.6 Å². The second kappa shape index (κ2) is 6.57. The zero-order chi connectivity index (χ0) is 14.8. The Kier molecular flexibility index (Phi) is 4.74. The van der Waals surface area contributed by atoms with E-state index in [4.69, 9.17) is 9.47 Å². The average molecular weight is 399 g/mol. The second-order valence-electron chi connectivity index (χ2n) is 5.89. The Hall–Kier alpha value is -0.750. The summed E-state index contributed by atoms with van der Waals surface area (Å²) in [7, 11) is 3.91. The molecule has 1 atom stereocenters. The third kappa shape index (κ3) is 3.21. The van der Waals surface area contributed by atoms with Crippen molar-refractivity contribution in [2.75, 3.05) is 27.2 Å². The second-order valence-corrected chi connectivity index (χ2v) is 7.05. The van der Waals surface area contributed by atoms with Crippen molar-refractivity contribution in [3.8, 4) is 11.5 Å². The summed E-state index contributed by atoms with van der Waals surface area (Å²) in [5.41, 5.74) is 3.14. The van der Waals surface area contributed by atoms with E-state index in [-0.39, 0.29) is 6.10 Å². The van der Waals surface area contributed by atoms with Crippen molar-refractivity contribution in [3.63, 3.8) is 0 Å². The van der Waals surface area contributed by atoms with Crippen LogP contribution in [0, 0.1) is 3.57 Å². The Labute approximate surface area is 140 Å². The molecule has 0 saturated heterocycles. The maximum atomic E-state index is 6.40. The van der Waals surface area contributed by atoms with Crippen molar-refractivity contribution < 1.29 is 9.47 Å². The lowest BCUT2D eigenvalue weighted by molar-refractivity contribution is 0.185. The van der Waals surface area contributed by atoms with Gasteiger partial charge in [-0.15, -0.1) is 0 Å². The monoisotopic (exact) mass is 399 g/mol. The molecule has 3 rings (SSSR count). The van der Waals surface area contributed by atoms with Gasteiger partial charge in [-0.1, -0.05) is 11.6 Å². The van der Waals surface area contributed by atoms with E-state index in [1.807, 2.05) is 12.1 Å². The van der Waals surface area contributed by atoms with Crippen molar-refractivity contribution in [1.29, 1.82) is 0 Å². The van der Waals surface area contributed by atoms with Crippen LogP contribution in [0.5, 0.6) is 11.5 Å². The van der Waals surface area contributed by atoms with Gasteiger partial charge in [0.25, 0.3) is 0 Å². The van der Waals surface area contributed by atoms with Crippen molar-refractivity contribution in [1.82, 2.24) is 4.90 Å². The van der Waals surface area contributed by atoms with Gasteiger partial charge in [-0.2, -0.15) is 0 Å². The molecule has 0 bridgehead atoms. The highest BCUT2D eigenvalue weighted by molar-refractivity contribution is 14.1. The van der Waals surface area contributed by atoms with Gasteiger partial charge >= 0.3 is 0 Å². The molecule has 1 aromatic carbocycles. The Morgan fingerprint density at radius 2 is 2.14 bits per heavy atom. The Balaban J connectivity index is 1.86. The molecule has 3 nitrogen and oxygen atoms in total. The molecule has 21 heavy (non-hydrogen) atoms. The summed E-state index contributed by atoms with van der Waals surface area (Å²) < 4.78 is 13.0. The molecular formula is C17H22INO2. The normalized spacial score (nSPS) is 22.9. The van der Waals surface area contributed by atoms with E-state index in [0.717, 1.165) is 41.0 Å². The van der Waals surface area contributed by atoms with Gasteiger partial charge in [-0.3, -0.25) is 0 Å². The van der Waals surface area contributed by atoms with Crippen LogP contribution in [-0.4, -0.2) is 38.3 Å². The molecule has 0 radical (unpaired) electrons. The highest BCUT2D eigenvalue weighted by Gasteiger charge is 2.29. The minimum Gasteiger partial charge on any atom is -0.493 e. The lowest BCUT2D eigenvalue weighted by atomic mass is 9.85. The summed E-state index contributed by atoms with van der Waals surface area (Å²) >= 11 is 2.33. The van der Waals surface area contributed by atoms with Crippen molar-refractivity contribution >= 4 is 22.6 Å². The quantitative estimate of drug-likeness (QED) is 0.569. The molecule has 1 aromatic rings. The van der Waals surface area contributed by atoms with Gasteiger partial charge in [0.05, 0.1) is 10.7 Å². The smallest absolute Gasteiger partial charge is 0.175 e. The molecule has 4 heteroatoms. The molecular weight excluding hydrogens is 377 g/mol. The highest BCUT2D eigenvalue weighted by Crippen LogP contribution is 2.38. The molecule has 0 amide bonds. The fraction of sp³-hybridized carbons (Fsp3) is 0.529. The van der Waals surface area contributed by atoms with Crippen LogP contribution in [0.3, 0.4) is 0 Å². The fourth-order valence-electron chi connectivity index (χ4n) is 3.33. The molecule has 2 aliphatic rings. The molecule has 0 spiro atoms. The summed E-state index contributed by atoms with van der Waals surface area (Å²) in [4.78, 5) is 2.41. The number of ether oxygens (including phenoxy) is 2. The summed E-state index contributed by atoms with van der Waals surface area (Å²) in [5.74, 6) is 1.74. The highest BCUT2D eigenvalue weighted by atomic mass is 127. The van der Waals surface area contributed by atoms with Crippen LogP contribution in [-0.2, 0) is 0 Å². The lowest BCUT2D eigenvalue weighted by Gasteiger charge is -2.36. The van der Waals surface area contributed by atoms with E-state index in [0.29, 0.717) is 0 Å². The van der Waals surface area contributed by atoms with Crippen LogP contribution in [0.25, 0.3) is 0 Å². The van der Waals surface area contributed by atoms with E-state index >= 15 is 0 Å². The van der Waals surface area contributed by atoms with Crippen LogP contribution in [0.4, 0.5) is 0 Å². The zero-order valence-corrected chi connectivity index (χ0v) is 14.9. The number of benzene rings is 1. The summed E-state index contributed by atoms with van der Waals surface area (Å²) in [5, 5.41) is 0. The molecule has 0 saturated carbocycles. The average Bonchev–Trinajstić information content (AvgIpc) is 2.49. The van der Waals surface area contributed by atoms with Crippen LogP contribution in [0.1, 0.15) is 25.7 Å². The van der Waals surface area contributed by atoms with Crippen molar-refractivity contribution in [2.24, 2.45) is 0 Å². The SMILES string of the molecule is COc1cccc(I)c1O[C@@H]1CCCC2=C1CCN(C)C2. The number of rotatable bonds is 3.